The van der Waals surface area contributed by atoms with Crippen molar-refractivity contribution in [2.24, 2.45) is 0 Å². The Labute approximate surface area is 191 Å². The van der Waals surface area contributed by atoms with E-state index in [1.807, 2.05) is 55.6 Å². The lowest BCUT2D eigenvalue weighted by molar-refractivity contribution is -0.130. The Bertz CT molecular complexity index is 1280. The lowest BCUT2D eigenvalue weighted by Crippen LogP contribution is -2.35. The first-order valence-electron chi connectivity index (χ1n) is 10.8. The first kappa shape index (κ1) is 22.3. The molecule has 0 saturated carbocycles. The highest BCUT2D eigenvalue weighted by Crippen LogP contribution is 2.16. The zero-order valence-electron chi connectivity index (χ0n) is 18.7. The third kappa shape index (κ3) is 5.50. The van der Waals surface area contributed by atoms with Crippen LogP contribution in [0.1, 0.15) is 18.0 Å². The van der Waals surface area contributed by atoms with E-state index in [1.165, 1.54) is 0 Å². The second-order valence-corrected chi connectivity index (χ2v) is 7.98. The summed E-state index contributed by atoms with van der Waals surface area (Å²) >= 11 is 0. The zero-order valence-corrected chi connectivity index (χ0v) is 18.7. The SMILES string of the molecule is CN(CCN(C)C(=O)CCc1nc(-c2ccccc2)no1)Cc1n[nH]c(=O)c2ccccc12. The van der Waals surface area contributed by atoms with Gasteiger partial charge in [0.1, 0.15) is 0 Å². The van der Waals surface area contributed by atoms with Gasteiger partial charge in [-0.05, 0) is 13.1 Å². The number of aromatic nitrogens is 4. The summed E-state index contributed by atoms with van der Waals surface area (Å²) in [5, 5.41) is 12.2. The second-order valence-electron chi connectivity index (χ2n) is 7.98. The van der Waals surface area contributed by atoms with Gasteiger partial charge in [0.25, 0.3) is 5.56 Å². The van der Waals surface area contributed by atoms with E-state index >= 15 is 0 Å². The van der Waals surface area contributed by atoms with Crippen LogP contribution in [0.5, 0.6) is 0 Å². The fourth-order valence-electron chi connectivity index (χ4n) is 3.54. The minimum Gasteiger partial charge on any atom is -0.344 e. The highest BCUT2D eigenvalue weighted by molar-refractivity contribution is 5.83. The number of nitrogens with zero attached hydrogens (tertiary/aromatic N) is 5. The van der Waals surface area contributed by atoms with Gasteiger partial charge in [0.2, 0.25) is 17.6 Å². The summed E-state index contributed by atoms with van der Waals surface area (Å²) in [5.74, 6) is 0.982. The number of fused-ring (bicyclic) bond motifs is 1. The van der Waals surface area contributed by atoms with Crippen molar-refractivity contribution in [1.29, 1.82) is 0 Å². The number of likely N-dealkylation sites (N-methyl/N-ethyl adjacent to an activating group) is 2. The molecule has 0 unspecified atom stereocenters. The molecule has 0 saturated heterocycles. The minimum atomic E-state index is -0.195. The molecular weight excluding hydrogens is 420 g/mol. The van der Waals surface area contributed by atoms with E-state index < -0.39 is 0 Å². The van der Waals surface area contributed by atoms with E-state index in [1.54, 1.807) is 18.0 Å². The molecule has 0 aliphatic heterocycles. The fraction of sp³-hybridized carbons (Fsp3) is 0.292. The van der Waals surface area contributed by atoms with E-state index in [-0.39, 0.29) is 11.5 Å². The maximum Gasteiger partial charge on any atom is 0.272 e. The lowest BCUT2D eigenvalue weighted by Gasteiger charge is -2.22. The molecular formula is C24H26N6O3. The number of H-pyrrole nitrogens is 1. The van der Waals surface area contributed by atoms with Crippen molar-refractivity contribution in [3.05, 3.63) is 76.5 Å². The van der Waals surface area contributed by atoms with Crippen LogP contribution in [0.25, 0.3) is 22.2 Å². The number of rotatable bonds is 9. The molecule has 0 radical (unpaired) electrons. The Morgan fingerprint density at radius 2 is 1.73 bits per heavy atom. The first-order valence-corrected chi connectivity index (χ1v) is 10.8. The number of aromatic amines is 1. The Hall–Kier alpha value is -3.85. The van der Waals surface area contributed by atoms with Crippen LogP contribution in [-0.4, -0.2) is 63.2 Å². The quantitative estimate of drug-likeness (QED) is 0.421. The summed E-state index contributed by atoms with van der Waals surface area (Å²) in [6.07, 6.45) is 0.689. The van der Waals surface area contributed by atoms with E-state index in [9.17, 15) is 9.59 Å². The molecule has 4 aromatic rings. The van der Waals surface area contributed by atoms with Crippen LogP contribution in [0.15, 0.2) is 63.9 Å². The molecule has 0 atom stereocenters. The number of aryl methyl sites for hydroxylation is 1. The molecule has 4 rings (SSSR count). The highest BCUT2D eigenvalue weighted by atomic mass is 16.5. The average molecular weight is 447 g/mol. The van der Waals surface area contributed by atoms with E-state index in [2.05, 4.69) is 25.2 Å². The van der Waals surface area contributed by atoms with Gasteiger partial charge in [0, 0.05) is 50.5 Å². The molecule has 9 heteroatoms. The summed E-state index contributed by atoms with van der Waals surface area (Å²) in [5.41, 5.74) is 1.48. The van der Waals surface area contributed by atoms with E-state index in [0.717, 1.165) is 16.6 Å². The van der Waals surface area contributed by atoms with Crippen molar-refractivity contribution >= 4 is 16.7 Å². The van der Waals surface area contributed by atoms with Crippen molar-refractivity contribution in [1.82, 2.24) is 30.1 Å². The van der Waals surface area contributed by atoms with Crippen LogP contribution in [0.2, 0.25) is 0 Å². The Kier molecular flexibility index (Phi) is 6.89. The smallest absolute Gasteiger partial charge is 0.272 e. The Morgan fingerprint density at radius 1 is 1.00 bits per heavy atom. The largest absolute Gasteiger partial charge is 0.344 e. The average Bonchev–Trinajstić information content (AvgIpc) is 3.32. The van der Waals surface area contributed by atoms with Crippen LogP contribution in [0.4, 0.5) is 0 Å². The molecule has 0 bridgehead atoms. The molecule has 9 nitrogen and oxygen atoms in total. The maximum absolute atomic E-state index is 12.5. The predicted octanol–water partition coefficient (Wildman–Crippen LogP) is 2.50. The number of carbonyl (C=O) groups is 1. The second kappa shape index (κ2) is 10.2. The molecule has 0 aliphatic carbocycles. The van der Waals surface area contributed by atoms with Crippen molar-refractivity contribution in [3.8, 4) is 11.4 Å². The zero-order chi connectivity index (χ0) is 23.2. The molecule has 1 N–H and O–H groups in total. The summed E-state index contributed by atoms with van der Waals surface area (Å²) in [6.45, 7) is 1.79. The van der Waals surface area contributed by atoms with Crippen molar-refractivity contribution < 1.29 is 9.32 Å². The van der Waals surface area contributed by atoms with E-state index in [4.69, 9.17) is 4.52 Å². The standard InChI is InChI=1S/C24H26N6O3/c1-29(16-20-18-10-6-7-11-19(18)24(32)27-26-20)14-15-30(2)22(31)13-12-21-25-23(28-33-21)17-8-4-3-5-9-17/h3-11H,12-16H2,1-2H3,(H,27,32). The summed E-state index contributed by atoms with van der Waals surface area (Å²) < 4.78 is 5.29. The van der Waals surface area contributed by atoms with Gasteiger partial charge in [0.15, 0.2) is 0 Å². The van der Waals surface area contributed by atoms with Gasteiger partial charge in [0.05, 0.1) is 11.1 Å². The number of nitrogens with one attached hydrogen (secondary N) is 1. The van der Waals surface area contributed by atoms with E-state index in [0.29, 0.717) is 49.6 Å². The summed E-state index contributed by atoms with van der Waals surface area (Å²) in [7, 11) is 3.75. The molecule has 1 amide bonds. The van der Waals surface area contributed by atoms with Gasteiger partial charge >= 0.3 is 0 Å². The number of amides is 1. The van der Waals surface area contributed by atoms with Gasteiger partial charge < -0.3 is 9.42 Å². The molecule has 2 heterocycles. The van der Waals surface area contributed by atoms with Gasteiger partial charge in [-0.25, -0.2) is 5.10 Å². The van der Waals surface area contributed by atoms with Crippen LogP contribution >= 0.6 is 0 Å². The van der Waals surface area contributed by atoms with Crippen molar-refractivity contribution in [2.75, 3.05) is 27.2 Å². The topological polar surface area (TPSA) is 108 Å². The molecule has 0 spiro atoms. The summed E-state index contributed by atoms with van der Waals surface area (Å²) in [6, 6.07) is 17.0. The van der Waals surface area contributed by atoms with Crippen molar-refractivity contribution in [3.63, 3.8) is 0 Å². The number of benzene rings is 2. The Balaban J connectivity index is 1.26. The monoisotopic (exact) mass is 446 g/mol. The Morgan fingerprint density at radius 3 is 2.52 bits per heavy atom. The van der Waals surface area contributed by atoms with Crippen LogP contribution < -0.4 is 5.56 Å². The maximum atomic E-state index is 12.5. The predicted molar refractivity (Wildman–Crippen MR) is 124 cm³/mol. The summed E-state index contributed by atoms with van der Waals surface area (Å²) in [4.78, 5) is 32.6. The molecule has 2 aromatic carbocycles. The van der Waals surface area contributed by atoms with Crippen LogP contribution in [0.3, 0.4) is 0 Å². The van der Waals surface area contributed by atoms with Crippen LogP contribution in [-0.2, 0) is 17.8 Å². The minimum absolute atomic E-state index is 0.00970. The normalized spacial score (nSPS) is 11.2. The van der Waals surface area contributed by atoms with Gasteiger partial charge in [-0.3, -0.25) is 14.5 Å². The number of carbonyl (C=O) groups excluding carboxylic acids is 1. The molecule has 0 fully saturated rings. The van der Waals surface area contributed by atoms with Crippen molar-refractivity contribution in [2.45, 2.75) is 19.4 Å². The van der Waals surface area contributed by atoms with Crippen LogP contribution in [0, 0.1) is 0 Å². The third-order valence-corrected chi connectivity index (χ3v) is 5.49. The number of hydrogen-bond donors (Lipinski definition) is 1. The van der Waals surface area contributed by atoms with Gasteiger partial charge in [-0.2, -0.15) is 10.1 Å². The van der Waals surface area contributed by atoms with Gasteiger partial charge in [-0.15, -0.1) is 0 Å². The first-order chi connectivity index (χ1) is 16.0. The fourth-order valence-corrected chi connectivity index (χ4v) is 3.54. The molecule has 0 aliphatic rings. The molecule has 33 heavy (non-hydrogen) atoms. The lowest BCUT2D eigenvalue weighted by atomic mass is 10.1. The molecule has 2 aromatic heterocycles. The molecule has 170 valence electrons. The van der Waals surface area contributed by atoms with Gasteiger partial charge in [-0.1, -0.05) is 53.7 Å². The highest BCUT2D eigenvalue weighted by Gasteiger charge is 2.15. The third-order valence-electron chi connectivity index (χ3n) is 5.49. The number of hydrogen-bond acceptors (Lipinski definition) is 7.